The third-order valence-corrected chi connectivity index (χ3v) is 5.77. The standard InChI is InChI=1S/C24H44O2/c1-24(2)19-18-23(26)22(21-24)17-15-13-11-9-7-5-3-4-6-8-10-12-14-16-20-25/h21,25H,3-20H2,1-2H3. The molecule has 0 radical (unpaired) electrons. The fourth-order valence-electron chi connectivity index (χ4n) is 3.98. The lowest BCUT2D eigenvalue weighted by Crippen LogP contribution is -2.19. The maximum Gasteiger partial charge on any atom is 0.158 e. The van der Waals surface area contributed by atoms with Crippen LogP contribution in [0.4, 0.5) is 0 Å². The fourth-order valence-corrected chi connectivity index (χ4v) is 3.98. The second-order valence-corrected chi connectivity index (χ2v) is 9.00. The molecule has 152 valence electrons. The Kier molecular flexibility index (Phi) is 13.0. The second-order valence-electron chi connectivity index (χ2n) is 9.00. The van der Waals surface area contributed by atoms with Crippen molar-refractivity contribution < 1.29 is 9.90 Å². The van der Waals surface area contributed by atoms with Crippen molar-refractivity contribution in [1.29, 1.82) is 0 Å². The van der Waals surface area contributed by atoms with E-state index in [0.29, 0.717) is 12.4 Å². The summed E-state index contributed by atoms with van der Waals surface area (Å²) in [6.45, 7) is 4.85. The highest BCUT2D eigenvalue weighted by atomic mass is 16.2. The SMILES string of the molecule is CC1(C)C=C(CCCCCCCCCCCCCCCCO)C(=O)CC1. The van der Waals surface area contributed by atoms with Gasteiger partial charge >= 0.3 is 0 Å². The highest BCUT2D eigenvalue weighted by Crippen LogP contribution is 2.33. The Morgan fingerprint density at radius 2 is 1.19 bits per heavy atom. The number of aliphatic hydroxyl groups excluding tert-OH is 1. The first-order chi connectivity index (χ1) is 12.5. The lowest BCUT2D eigenvalue weighted by atomic mass is 9.78. The molecule has 0 saturated heterocycles. The van der Waals surface area contributed by atoms with Crippen molar-refractivity contribution in [2.45, 2.75) is 123 Å². The van der Waals surface area contributed by atoms with Crippen molar-refractivity contribution >= 4 is 5.78 Å². The van der Waals surface area contributed by atoms with Crippen molar-refractivity contribution in [3.05, 3.63) is 11.6 Å². The van der Waals surface area contributed by atoms with E-state index < -0.39 is 0 Å². The van der Waals surface area contributed by atoms with Crippen LogP contribution in [0.3, 0.4) is 0 Å². The molecule has 0 aromatic heterocycles. The highest BCUT2D eigenvalue weighted by molar-refractivity contribution is 5.96. The van der Waals surface area contributed by atoms with E-state index in [-0.39, 0.29) is 5.41 Å². The third kappa shape index (κ3) is 11.9. The lowest BCUT2D eigenvalue weighted by Gasteiger charge is -2.26. The van der Waals surface area contributed by atoms with Crippen LogP contribution in [-0.2, 0) is 4.79 Å². The second kappa shape index (κ2) is 14.4. The number of Topliss-reactive ketones (excluding diaryl/α,β-unsaturated/α-hetero) is 1. The number of carbonyl (C=O) groups is 1. The Labute approximate surface area is 162 Å². The van der Waals surface area contributed by atoms with Gasteiger partial charge in [0.1, 0.15) is 0 Å². The minimum Gasteiger partial charge on any atom is -0.396 e. The number of hydrogen-bond acceptors (Lipinski definition) is 2. The molecule has 0 aromatic rings. The van der Waals surface area contributed by atoms with Crippen LogP contribution in [-0.4, -0.2) is 17.5 Å². The Balaban J connectivity index is 1.85. The zero-order valence-corrected chi connectivity index (χ0v) is 17.7. The predicted molar refractivity (Wildman–Crippen MR) is 112 cm³/mol. The maximum atomic E-state index is 12.0. The minimum atomic E-state index is 0.225. The van der Waals surface area contributed by atoms with Crippen LogP contribution in [0.15, 0.2) is 11.6 Å². The molecule has 2 heteroatoms. The van der Waals surface area contributed by atoms with Gasteiger partial charge in [0.05, 0.1) is 0 Å². The zero-order chi connectivity index (χ0) is 19.1. The molecule has 1 rings (SSSR count). The van der Waals surface area contributed by atoms with Gasteiger partial charge in [-0.05, 0) is 36.7 Å². The first-order valence-electron chi connectivity index (χ1n) is 11.4. The summed E-state index contributed by atoms with van der Waals surface area (Å²) in [4.78, 5) is 12.0. The lowest BCUT2D eigenvalue weighted by molar-refractivity contribution is -0.116. The summed E-state index contributed by atoms with van der Waals surface area (Å²) in [5.74, 6) is 0.401. The van der Waals surface area contributed by atoms with E-state index in [1.54, 1.807) is 0 Å². The van der Waals surface area contributed by atoms with E-state index in [9.17, 15) is 4.79 Å². The molecule has 0 atom stereocenters. The topological polar surface area (TPSA) is 37.3 Å². The first-order valence-corrected chi connectivity index (χ1v) is 11.4. The summed E-state index contributed by atoms with van der Waals surface area (Å²) < 4.78 is 0. The van der Waals surface area contributed by atoms with Gasteiger partial charge in [0.25, 0.3) is 0 Å². The molecule has 0 aliphatic heterocycles. The predicted octanol–water partition coefficient (Wildman–Crippen LogP) is 7.15. The minimum absolute atomic E-state index is 0.225. The summed E-state index contributed by atoms with van der Waals surface area (Å²) >= 11 is 0. The molecule has 0 spiro atoms. The fraction of sp³-hybridized carbons (Fsp3) is 0.875. The number of hydrogen-bond donors (Lipinski definition) is 1. The van der Waals surface area contributed by atoms with Crippen molar-refractivity contribution in [2.75, 3.05) is 6.61 Å². The van der Waals surface area contributed by atoms with Crippen LogP contribution in [0.1, 0.15) is 123 Å². The van der Waals surface area contributed by atoms with E-state index in [4.69, 9.17) is 5.11 Å². The van der Waals surface area contributed by atoms with Gasteiger partial charge < -0.3 is 5.11 Å². The molecule has 0 bridgehead atoms. The van der Waals surface area contributed by atoms with E-state index in [0.717, 1.165) is 31.3 Å². The molecule has 26 heavy (non-hydrogen) atoms. The van der Waals surface area contributed by atoms with Crippen LogP contribution < -0.4 is 0 Å². The van der Waals surface area contributed by atoms with Crippen molar-refractivity contribution in [2.24, 2.45) is 5.41 Å². The third-order valence-electron chi connectivity index (χ3n) is 5.77. The molecule has 2 nitrogen and oxygen atoms in total. The molecule has 1 N–H and O–H groups in total. The smallest absolute Gasteiger partial charge is 0.158 e. The van der Waals surface area contributed by atoms with Crippen LogP contribution in [0.2, 0.25) is 0 Å². The van der Waals surface area contributed by atoms with E-state index in [2.05, 4.69) is 19.9 Å². The summed E-state index contributed by atoms with van der Waals surface area (Å²) in [5, 5.41) is 8.73. The van der Waals surface area contributed by atoms with Crippen LogP contribution in [0, 0.1) is 5.41 Å². The van der Waals surface area contributed by atoms with Gasteiger partial charge in [-0.1, -0.05) is 97.0 Å². The van der Waals surface area contributed by atoms with Crippen molar-refractivity contribution in [3.63, 3.8) is 0 Å². The van der Waals surface area contributed by atoms with Gasteiger partial charge in [-0.15, -0.1) is 0 Å². The largest absolute Gasteiger partial charge is 0.396 e. The number of allylic oxidation sites excluding steroid dienone is 2. The normalized spacial score (nSPS) is 16.7. The van der Waals surface area contributed by atoms with E-state index in [1.807, 2.05) is 0 Å². The molecule has 0 amide bonds. The number of ketones is 1. The van der Waals surface area contributed by atoms with E-state index >= 15 is 0 Å². The van der Waals surface area contributed by atoms with Gasteiger partial charge in [0, 0.05) is 13.0 Å². The molecule has 0 unspecified atom stereocenters. The number of rotatable bonds is 16. The van der Waals surface area contributed by atoms with Gasteiger partial charge in [0.15, 0.2) is 5.78 Å². The maximum absolute atomic E-state index is 12.0. The van der Waals surface area contributed by atoms with Crippen LogP contribution in [0.25, 0.3) is 0 Å². The Bertz CT molecular complexity index is 395. The summed E-state index contributed by atoms with van der Waals surface area (Å²) in [6.07, 6.45) is 23.3. The van der Waals surface area contributed by atoms with Crippen molar-refractivity contribution in [3.8, 4) is 0 Å². The molecular formula is C24H44O2. The molecule has 1 aliphatic carbocycles. The first kappa shape index (κ1) is 23.4. The average molecular weight is 365 g/mol. The molecular weight excluding hydrogens is 320 g/mol. The quantitative estimate of drug-likeness (QED) is 0.295. The number of aliphatic hydroxyl groups is 1. The molecule has 0 heterocycles. The molecule has 0 fully saturated rings. The summed E-state index contributed by atoms with van der Waals surface area (Å²) in [7, 11) is 0. The molecule has 0 aromatic carbocycles. The Morgan fingerprint density at radius 1 is 0.769 bits per heavy atom. The van der Waals surface area contributed by atoms with Gasteiger partial charge in [0.2, 0.25) is 0 Å². The highest BCUT2D eigenvalue weighted by Gasteiger charge is 2.25. The Morgan fingerprint density at radius 3 is 1.65 bits per heavy atom. The van der Waals surface area contributed by atoms with E-state index in [1.165, 1.54) is 83.5 Å². The number of carbonyl (C=O) groups excluding carboxylic acids is 1. The Hall–Kier alpha value is -0.630. The molecule has 0 saturated carbocycles. The number of unbranched alkanes of at least 4 members (excludes halogenated alkanes) is 13. The monoisotopic (exact) mass is 364 g/mol. The van der Waals surface area contributed by atoms with Gasteiger partial charge in [-0.3, -0.25) is 4.79 Å². The van der Waals surface area contributed by atoms with Gasteiger partial charge in [-0.2, -0.15) is 0 Å². The van der Waals surface area contributed by atoms with Gasteiger partial charge in [-0.25, -0.2) is 0 Å². The zero-order valence-electron chi connectivity index (χ0n) is 17.7. The average Bonchev–Trinajstić information content (AvgIpc) is 2.61. The summed E-state index contributed by atoms with van der Waals surface area (Å²) in [6, 6.07) is 0. The summed E-state index contributed by atoms with van der Waals surface area (Å²) in [5.41, 5.74) is 1.33. The van der Waals surface area contributed by atoms with Crippen LogP contribution >= 0.6 is 0 Å². The molecule has 1 aliphatic rings. The van der Waals surface area contributed by atoms with Crippen molar-refractivity contribution in [1.82, 2.24) is 0 Å². The van der Waals surface area contributed by atoms with Crippen LogP contribution in [0.5, 0.6) is 0 Å².